The summed E-state index contributed by atoms with van der Waals surface area (Å²) in [5, 5.41) is 5.74. The number of imidazole rings is 1. The molecule has 0 saturated carbocycles. The second-order valence-corrected chi connectivity index (χ2v) is 6.37. The molecule has 0 saturated heterocycles. The summed E-state index contributed by atoms with van der Waals surface area (Å²) < 4.78 is 1.93. The average molecular weight is 378 g/mol. The lowest BCUT2D eigenvalue weighted by Crippen LogP contribution is -2.34. The number of nitrogens with zero attached hydrogens (tertiary/aromatic N) is 4. The molecule has 2 heterocycles. The van der Waals surface area contributed by atoms with Gasteiger partial charge in [0, 0.05) is 50.5 Å². The van der Waals surface area contributed by atoms with E-state index in [1.165, 1.54) is 0 Å². The van der Waals surface area contributed by atoms with Crippen LogP contribution in [0.15, 0.2) is 61.3 Å². The van der Waals surface area contributed by atoms with Crippen molar-refractivity contribution in [3.63, 3.8) is 0 Å². The Bertz CT molecular complexity index is 855. The van der Waals surface area contributed by atoms with E-state index in [-0.39, 0.29) is 6.03 Å². The monoisotopic (exact) mass is 378 g/mol. The number of nitrogens with one attached hydrogen (secondary N) is 2. The second-order valence-electron chi connectivity index (χ2n) is 6.37. The quantitative estimate of drug-likeness (QED) is 0.632. The lowest BCUT2D eigenvalue weighted by Gasteiger charge is -2.19. The number of hydrogen-bond acceptors (Lipinski definition) is 4. The van der Waals surface area contributed by atoms with Crippen molar-refractivity contribution in [2.24, 2.45) is 0 Å². The van der Waals surface area contributed by atoms with Crippen molar-refractivity contribution in [3.05, 3.63) is 72.4 Å². The van der Waals surface area contributed by atoms with Gasteiger partial charge in [-0.05, 0) is 43.2 Å². The van der Waals surface area contributed by atoms with Crippen LogP contribution in [0.3, 0.4) is 0 Å². The van der Waals surface area contributed by atoms with Crippen molar-refractivity contribution < 1.29 is 4.79 Å². The fourth-order valence-corrected chi connectivity index (χ4v) is 2.88. The van der Waals surface area contributed by atoms with Gasteiger partial charge < -0.3 is 20.1 Å². The maximum absolute atomic E-state index is 12.0. The minimum absolute atomic E-state index is 0.202. The minimum atomic E-state index is -0.202. The van der Waals surface area contributed by atoms with Crippen LogP contribution in [-0.2, 0) is 13.1 Å². The lowest BCUT2D eigenvalue weighted by atomic mass is 10.2. The van der Waals surface area contributed by atoms with E-state index in [0.717, 1.165) is 35.7 Å². The van der Waals surface area contributed by atoms with Gasteiger partial charge in [-0.25, -0.2) is 14.8 Å². The molecule has 0 aliphatic carbocycles. The highest BCUT2D eigenvalue weighted by Gasteiger charge is 2.05. The molecule has 2 aromatic heterocycles. The van der Waals surface area contributed by atoms with Gasteiger partial charge in [0.2, 0.25) is 0 Å². The van der Waals surface area contributed by atoms with Gasteiger partial charge in [-0.2, -0.15) is 0 Å². The standard InChI is InChI=1S/C21H26N6O/c1-3-26(4-2)20-10-7-18(14-23-20)15-25-21(28)24-13-17-5-8-19(9-6-17)27-12-11-22-16-27/h5-12,14,16H,3-4,13,15H2,1-2H3,(H2,24,25,28). The van der Waals surface area contributed by atoms with Crippen LogP contribution in [0.25, 0.3) is 5.69 Å². The Kier molecular flexibility index (Phi) is 6.62. The molecule has 146 valence electrons. The van der Waals surface area contributed by atoms with E-state index < -0.39 is 0 Å². The molecule has 2 N–H and O–H groups in total. The molecule has 2 amide bonds. The zero-order valence-corrected chi connectivity index (χ0v) is 16.3. The predicted octanol–water partition coefficient (Wildman–Crippen LogP) is 3.11. The molecule has 0 bridgehead atoms. The zero-order chi connectivity index (χ0) is 19.8. The van der Waals surface area contributed by atoms with Gasteiger partial charge in [-0.3, -0.25) is 0 Å². The van der Waals surface area contributed by atoms with E-state index in [4.69, 9.17) is 0 Å². The number of rotatable bonds is 8. The van der Waals surface area contributed by atoms with Gasteiger partial charge in [0.25, 0.3) is 0 Å². The van der Waals surface area contributed by atoms with E-state index >= 15 is 0 Å². The molecule has 3 rings (SSSR count). The number of pyridine rings is 1. The normalized spacial score (nSPS) is 10.5. The summed E-state index contributed by atoms with van der Waals surface area (Å²) in [6, 6.07) is 11.8. The van der Waals surface area contributed by atoms with Crippen LogP contribution in [0.1, 0.15) is 25.0 Å². The lowest BCUT2D eigenvalue weighted by molar-refractivity contribution is 0.240. The van der Waals surface area contributed by atoms with Crippen molar-refractivity contribution in [2.45, 2.75) is 26.9 Å². The first-order valence-electron chi connectivity index (χ1n) is 9.48. The Morgan fingerprint density at radius 1 is 1.00 bits per heavy atom. The van der Waals surface area contributed by atoms with Crippen LogP contribution >= 0.6 is 0 Å². The first-order valence-corrected chi connectivity index (χ1v) is 9.48. The summed E-state index contributed by atoms with van der Waals surface area (Å²) in [6.45, 7) is 6.97. The molecular weight excluding hydrogens is 352 g/mol. The Balaban J connectivity index is 1.44. The molecule has 0 aliphatic heterocycles. The van der Waals surface area contributed by atoms with Gasteiger partial charge in [-0.1, -0.05) is 18.2 Å². The first kappa shape index (κ1) is 19.4. The van der Waals surface area contributed by atoms with Gasteiger partial charge in [0.05, 0.1) is 6.33 Å². The van der Waals surface area contributed by atoms with Crippen LogP contribution in [0, 0.1) is 0 Å². The largest absolute Gasteiger partial charge is 0.357 e. The van der Waals surface area contributed by atoms with E-state index in [9.17, 15) is 4.79 Å². The second kappa shape index (κ2) is 9.55. The number of carbonyl (C=O) groups excluding carboxylic acids is 1. The molecule has 0 spiro atoms. The van der Waals surface area contributed by atoms with E-state index in [2.05, 4.69) is 39.3 Å². The number of urea groups is 1. The van der Waals surface area contributed by atoms with Gasteiger partial charge >= 0.3 is 6.03 Å². The van der Waals surface area contributed by atoms with Crippen LogP contribution in [0.5, 0.6) is 0 Å². The molecule has 3 aromatic rings. The van der Waals surface area contributed by atoms with Crippen LogP contribution in [0.2, 0.25) is 0 Å². The van der Waals surface area contributed by atoms with Gasteiger partial charge in [0.1, 0.15) is 5.82 Å². The molecular formula is C21H26N6O. The minimum Gasteiger partial charge on any atom is -0.357 e. The summed E-state index contributed by atoms with van der Waals surface area (Å²) >= 11 is 0. The molecule has 7 heteroatoms. The van der Waals surface area contributed by atoms with Crippen molar-refractivity contribution in [3.8, 4) is 5.69 Å². The van der Waals surface area contributed by atoms with Crippen molar-refractivity contribution in [2.75, 3.05) is 18.0 Å². The van der Waals surface area contributed by atoms with E-state index in [1.807, 2.05) is 53.4 Å². The third-order valence-electron chi connectivity index (χ3n) is 4.54. The summed E-state index contributed by atoms with van der Waals surface area (Å²) in [5.74, 6) is 0.956. The van der Waals surface area contributed by atoms with E-state index in [0.29, 0.717) is 13.1 Å². The Labute approximate surface area is 165 Å². The summed E-state index contributed by atoms with van der Waals surface area (Å²) in [6.07, 6.45) is 7.20. The molecule has 1 aromatic carbocycles. The van der Waals surface area contributed by atoms with E-state index in [1.54, 1.807) is 12.5 Å². The Morgan fingerprint density at radius 2 is 1.68 bits per heavy atom. The van der Waals surface area contributed by atoms with Gasteiger partial charge in [-0.15, -0.1) is 0 Å². The highest BCUT2D eigenvalue weighted by atomic mass is 16.2. The maximum Gasteiger partial charge on any atom is 0.315 e. The highest BCUT2D eigenvalue weighted by Crippen LogP contribution is 2.11. The number of carbonyl (C=O) groups is 1. The van der Waals surface area contributed by atoms with Crippen LogP contribution < -0.4 is 15.5 Å². The van der Waals surface area contributed by atoms with Crippen molar-refractivity contribution in [1.82, 2.24) is 25.2 Å². The smallest absolute Gasteiger partial charge is 0.315 e. The fourth-order valence-electron chi connectivity index (χ4n) is 2.88. The highest BCUT2D eigenvalue weighted by molar-refractivity contribution is 5.73. The SMILES string of the molecule is CCN(CC)c1ccc(CNC(=O)NCc2ccc(-n3ccnc3)cc2)cn1. The molecule has 0 aliphatic rings. The summed E-state index contributed by atoms with van der Waals surface area (Å²) in [4.78, 5) is 22.7. The summed E-state index contributed by atoms with van der Waals surface area (Å²) in [7, 11) is 0. The van der Waals surface area contributed by atoms with Crippen LogP contribution in [-0.4, -0.2) is 33.7 Å². The maximum atomic E-state index is 12.0. The Hall–Kier alpha value is -3.35. The first-order chi connectivity index (χ1) is 13.7. The third kappa shape index (κ3) is 5.09. The fraction of sp³-hybridized carbons (Fsp3) is 0.286. The van der Waals surface area contributed by atoms with Gasteiger partial charge in [0.15, 0.2) is 0 Å². The average Bonchev–Trinajstić information content (AvgIpc) is 3.28. The molecule has 28 heavy (non-hydrogen) atoms. The Morgan fingerprint density at radius 3 is 2.25 bits per heavy atom. The topological polar surface area (TPSA) is 75.1 Å². The summed E-state index contributed by atoms with van der Waals surface area (Å²) in [5.41, 5.74) is 3.03. The van der Waals surface area contributed by atoms with Crippen LogP contribution in [0.4, 0.5) is 10.6 Å². The molecule has 0 radical (unpaired) electrons. The number of aromatic nitrogens is 3. The number of anilines is 1. The molecule has 0 atom stereocenters. The number of benzene rings is 1. The van der Waals surface area contributed by atoms with Crippen molar-refractivity contribution >= 4 is 11.8 Å². The number of amides is 2. The molecule has 0 fully saturated rings. The van der Waals surface area contributed by atoms with Crippen molar-refractivity contribution in [1.29, 1.82) is 0 Å². The molecule has 0 unspecified atom stereocenters. The zero-order valence-electron chi connectivity index (χ0n) is 16.3. The predicted molar refractivity (Wildman–Crippen MR) is 110 cm³/mol. The number of hydrogen-bond donors (Lipinski definition) is 2. The molecule has 7 nitrogen and oxygen atoms in total. The third-order valence-corrected chi connectivity index (χ3v) is 4.54.